The van der Waals surface area contributed by atoms with Crippen LogP contribution in [0.25, 0.3) is 38.4 Å². The minimum absolute atomic E-state index is 0.00373. The summed E-state index contributed by atoms with van der Waals surface area (Å²) in [6.45, 7) is 15.0. The van der Waals surface area contributed by atoms with Crippen molar-refractivity contribution in [1.29, 1.82) is 0 Å². The van der Waals surface area contributed by atoms with E-state index in [-0.39, 0.29) is 28.6 Å². The number of allylic oxidation sites excluding steroid dienone is 5. The summed E-state index contributed by atoms with van der Waals surface area (Å²) in [6.07, 6.45) is 28.3. The molecule has 63 heavy (non-hydrogen) atoms. The van der Waals surface area contributed by atoms with Crippen LogP contribution in [0, 0.1) is 17.3 Å². The number of aliphatic imine (C=N–C) groups is 1. The van der Waals surface area contributed by atoms with Gasteiger partial charge in [0.25, 0.3) is 0 Å². The van der Waals surface area contributed by atoms with Crippen LogP contribution in [-0.2, 0) is 23.7 Å². The van der Waals surface area contributed by atoms with Gasteiger partial charge in [-0.25, -0.2) is 4.99 Å². The Hall–Kier alpha value is -4.59. The number of benzene rings is 3. The van der Waals surface area contributed by atoms with Crippen molar-refractivity contribution in [3.63, 3.8) is 0 Å². The van der Waals surface area contributed by atoms with Gasteiger partial charge in [0.1, 0.15) is 18.2 Å². The molecule has 3 nitrogen and oxygen atoms in total. The van der Waals surface area contributed by atoms with Gasteiger partial charge in [-0.1, -0.05) is 151 Å². The molecular weight excluding hydrogens is 823 g/mol. The number of hydrogen-bond donors (Lipinski definition) is 2. The van der Waals surface area contributed by atoms with E-state index in [1.165, 1.54) is 58.4 Å². The molecule has 0 saturated heterocycles. The first-order valence-corrected chi connectivity index (χ1v) is 25.8. The number of rotatable bonds is 5. The normalized spacial score (nSPS) is 30.7. The highest BCUT2D eigenvalue weighted by Crippen LogP contribution is 2.61. The molecule has 0 fully saturated rings. The number of nitrogens with zero attached hydrogens (tertiary/aromatic N) is 1. The zero-order valence-corrected chi connectivity index (χ0v) is 39.8. The molecule has 3 aromatic carbocycles. The van der Waals surface area contributed by atoms with Crippen LogP contribution in [0.5, 0.6) is 0 Å². The lowest BCUT2D eigenvalue weighted by Crippen LogP contribution is -2.45. The maximum atomic E-state index is 5.29. The topological polar surface area (TPSA) is 36.4 Å². The van der Waals surface area contributed by atoms with E-state index >= 15 is 0 Å². The molecule has 6 aromatic rings. The summed E-state index contributed by atoms with van der Waals surface area (Å²) in [5.74, 6) is 2.70. The average molecular weight is 880 g/mol. The lowest BCUT2D eigenvalue weighted by Gasteiger charge is -2.47. The molecule has 2 N–H and O–H groups in total. The van der Waals surface area contributed by atoms with Crippen molar-refractivity contribution in [2.75, 3.05) is 0 Å². The molecule has 12 rings (SSSR count). The van der Waals surface area contributed by atoms with Crippen LogP contribution in [0.2, 0.25) is 0 Å². The number of thiophene rings is 3. The van der Waals surface area contributed by atoms with Gasteiger partial charge in [0.05, 0.1) is 0 Å². The summed E-state index contributed by atoms with van der Waals surface area (Å²) >= 11 is 6.21. The molecule has 5 aliphatic carbocycles. The molecular formula is C57H57N3S3. The van der Waals surface area contributed by atoms with Crippen LogP contribution < -0.4 is 10.6 Å². The lowest BCUT2D eigenvalue weighted by molar-refractivity contribution is 0.218. The van der Waals surface area contributed by atoms with Gasteiger partial charge < -0.3 is 5.32 Å². The SMILES string of the molecule is CC1C=CC(C2=NC(c3ccccc3)NC(c3cccc4sc5c(C6(C)CC(C)Cc7c6sc6c7C=CCC6(C)C6(C)C=Cc7sc8c(c7C6)C=CCC8C)cccc5c34)N2)=CC1. The maximum Gasteiger partial charge on any atom is 0.131 e. The fourth-order valence-corrected chi connectivity index (χ4v) is 16.7. The minimum atomic E-state index is -0.160. The molecule has 4 heterocycles. The first-order valence-electron chi connectivity index (χ1n) is 23.3. The first kappa shape index (κ1) is 40.0. The predicted molar refractivity (Wildman–Crippen MR) is 272 cm³/mol. The van der Waals surface area contributed by atoms with E-state index in [1.54, 1.807) is 25.8 Å². The zero-order chi connectivity index (χ0) is 42.8. The third-order valence-electron chi connectivity index (χ3n) is 15.9. The predicted octanol–water partition coefficient (Wildman–Crippen LogP) is 15.3. The Morgan fingerprint density at radius 1 is 0.778 bits per heavy atom. The van der Waals surface area contributed by atoms with Gasteiger partial charge >= 0.3 is 0 Å². The molecule has 3 aromatic heterocycles. The Bertz CT molecular complexity index is 3040. The molecule has 0 saturated carbocycles. The Balaban J connectivity index is 0.956. The van der Waals surface area contributed by atoms with Gasteiger partial charge in [-0.15, -0.1) is 34.0 Å². The molecule has 8 atom stereocenters. The highest BCUT2D eigenvalue weighted by Gasteiger charge is 2.51. The molecule has 1 aliphatic heterocycles. The van der Waals surface area contributed by atoms with Crippen molar-refractivity contribution in [2.45, 2.75) is 109 Å². The summed E-state index contributed by atoms with van der Waals surface area (Å²) in [4.78, 5) is 11.6. The van der Waals surface area contributed by atoms with Crippen LogP contribution in [0.1, 0.15) is 144 Å². The second kappa shape index (κ2) is 14.7. The van der Waals surface area contributed by atoms with Crippen LogP contribution >= 0.6 is 34.0 Å². The van der Waals surface area contributed by atoms with Gasteiger partial charge in [-0.05, 0) is 107 Å². The van der Waals surface area contributed by atoms with Crippen molar-refractivity contribution < 1.29 is 0 Å². The molecule has 0 spiro atoms. The highest BCUT2D eigenvalue weighted by molar-refractivity contribution is 7.26. The van der Waals surface area contributed by atoms with Gasteiger partial charge in [0.2, 0.25) is 0 Å². The molecule has 0 bridgehead atoms. The maximum absolute atomic E-state index is 5.29. The van der Waals surface area contributed by atoms with Crippen molar-refractivity contribution in [3.8, 4) is 0 Å². The second-order valence-corrected chi connectivity index (χ2v) is 23.6. The minimum Gasteiger partial charge on any atom is -0.350 e. The smallest absolute Gasteiger partial charge is 0.131 e. The Morgan fingerprint density at radius 2 is 1.62 bits per heavy atom. The molecule has 6 aliphatic rings. The van der Waals surface area contributed by atoms with Gasteiger partial charge in [-0.3, -0.25) is 5.32 Å². The first-order chi connectivity index (χ1) is 30.5. The number of hydrogen-bond acceptors (Lipinski definition) is 6. The highest BCUT2D eigenvalue weighted by atomic mass is 32.1. The molecule has 6 heteroatoms. The van der Waals surface area contributed by atoms with E-state index in [2.05, 4.69) is 185 Å². The monoisotopic (exact) mass is 879 g/mol. The second-order valence-electron chi connectivity index (χ2n) is 20.4. The van der Waals surface area contributed by atoms with Crippen LogP contribution in [-0.4, -0.2) is 5.84 Å². The largest absolute Gasteiger partial charge is 0.350 e. The fraction of sp³-hybridized carbons (Fsp3) is 0.351. The standard InChI is InChI=1S/C57H57N3S3/c1-33-23-25-37(26-24-33)53-58-52(36-15-8-7-9-16-36)59-54(60-53)41-19-12-22-46-47(41)40-18-11-21-44(49(40)62-46)56(5)31-34(2)30-42-39-20-13-28-57(6,51(39)63-50(42)56)55(4)29-27-45-43(32-55)38-17-10-14-35(3)48(38)61-45/h7-13,15-23,25-27,29,33-35,52,54,59H,14,24,28,30-32H2,1-6H3,(H,58,60). The number of nitrogens with one attached hydrogen (secondary N) is 2. The van der Waals surface area contributed by atoms with E-state index < -0.39 is 0 Å². The fourth-order valence-electron chi connectivity index (χ4n) is 12.2. The summed E-state index contributed by atoms with van der Waals surface area (Å²) in [5.41, 5.74) is 11.3. The summed E-state index contributed by atoms with van der Waals surface area (Å²) < 4.78 is 2.77. The van der Waals surface area contributed by atoms with Crippen molar-refractivity contribution in [2.24, 2.45) is 22.2 Å². The lowest BCUT2D eigenvalue weighted by atomic mass is 9.57. The van der Waals surface area contributed by atoms with E-state index in [0.29, 0.717) is 17.8 Å². The zero-order valence-electron chi connectivity index (χ0n) is 37.3. The van der Waals surface area contributed by atoms with E-state index in [0.717, 1.165) is 44.4 Å². The van der Waals surface area contributed by atoms with Crippen molar-refractivity contribution in [1.82, 2.24) is 10.6 Å². The van der Waals surface area contributed by atoms with E-state index in [9.17, 15) is 0 Å². The van der Waals surface area contributed by atoms with Gasteiger partial charge in [0, 0.05) is 61.5 Å². The molecule has 318 valence electrons. The molecule has 0 amide bonds. The summed E-state index contributed by atoms with van der Waals surface area (Å²) in [7, 11) is 0. The van der Waals surface area contributed by atoms with E-state index in [4.69, 9.17) is 4.99 Å². The van der Waals surface area contributed by atoms with Crippen LogP contribution in [0.15, 0.2) is 114 Å². The Morgan fingerprint density at radius 3 is 2.46 bits per heavy atom. The molecule has 0 radical (unpaired) electrons. The summed E-state index contributed by atoms with van der Waals surface area (Å²) in [6, 6.07) is 24.9. The van der Waals surface area contributed by atoms with Crippen molar-refractivity contribution in [3.05, 3.63) is 167 Å². The van der Waals surface area contributed by atoms with Crippen LogP contribution in [0.4, 0.5) is 0 Å². The average Bonchev–Trinajstić information content (AvgIpc) is 4.00. The Kier molecular flexibility index (Phi) is 9.34. The third kappa shape index (κ3) is 6.14. The van der Waals surface area contributed by atoms with Crippen LogP contribution in [0.3, 0.4) is 0 Å². The van der Waals surface area contributed by atoms with E-state index in [1.807, 2.05) is 22.7 Å². The molecule has 8 unspecified atom stereocenters. The Labute approximate surface area is 385 Å². The number of amidine groups is 1. The quantitative estimate of drug-likeness (QED) is 0.181. The van der Waals surface area contributed by atoms with Gasteiger partial charge in [-0.2, -0.15) is 0 Å². The van der Waals surface area contributed by atoms with Crippen molar-refractivity contribution >= 4 is 78.2 Å². The van der Waals surface area contributed by atoms with Gasteiger partial charge in [0.15, 0.2) is 0 Å². The summed E-state index contributed by atoms with van der Waals surface area (Å²) in [5, 5.41) is 10.6. The number of fused-ring (bicyclic) bond motifs is 9. The third-order valence-corrected chi connectivity index (χ3v) is 20.4.